The SMILES string of the molecule is Cc1cccc(C(CBr)(CBr)CCC(C)(C)C)c1. The summed E-state index contributed by atoms with van der Waals surface area (Å²) >= 11 is 7.46. The van der Waals surface area contributed by atoms with Crippen molar-refractivity contribution in [2.24, 2.45) is 5.41 Å². The van der Waals surface area contributed by atoms with Gasteiger partial charge >= 0.3 is 0 Å². The molecule has 0 amide bonds. The maximum Gasteiger partial charge on any atom is 0.0147 e. The second-order valence-electron chi connectivity index (χ2n) is 6.48. The molecule has 0 N–H and O–H groups in total. The number of halogens is 2. The number of alkyl halides is 2. The van der Waals surface area contributed by atoms with Crippen LogP contribution in [0.2, 0.25) is 0 Å². The number of aryl methyl sites for hydroxylation is 1. The Kier molecular flexibility index (Phi) is 5.92. The minimum atomic E-state index is 0.208. The van der Waals surface area contributed by atoms with Gasteiger partial charge < -0.3 is 0 Å². The predicted octanol–water partition coefficient (Wildman–Crippen LogP) is 5.85. The topological polar surface area (TPSA) is 0 Å². The number of rotatable bonds is 5. The molecule has 0 spiro atoms. The lowest BCUT2D eigenvalue weighted by atomic mass is 9.75. The van der Waals surface area contributed by atoms with Crippen LogP contribution in [0.4, 0.5) is 0 Å². The number of benzene rings is 1. The summed E-state index contributed by atoms with van der Waals surface area (Å²) in [6.07, 6.45) is 2.44. The van der Waals surface area contributed by atoms with Crippen LogP contribution < -0.4 is 0 Å². The van der Waals surface area contributed by atoms with Gasteiger partial charge in [0.2, 0.25) is 0 Å². The molecule has 0 aliphatic heterocycles. The van der Waals surface area contributed by atoms with E-state index in [0.717, 1.165) is 10.7 Å². The van der Waals surface area contributed by atoms with Crippen LogP contribution in [-0.4, -0.2) is 10.7 Å². The first-order valence-electron chi connectivity index (χ1n) is 6.52. The zero-order valence-electron chi connectivity index (χ0n) is 11.9. The Morgan fingerprint density at radius 1 is 1.00 bits per heavy atom. The summed E-state index contributed by atoms with van der Waals surface area (Å²) < 4.78 is 0. The van der Waals surface area contributed by atoms with Gasteiger partial charge in [0.25, 0.3) is 0 Å². The summed E-state index contributed by atoms with van der Waals surface area (Å²) in [5, 5.41) is 2.01. The maximum absolute atomic E-state index is 3.73. The fourth-order valence-electron chi connectivity index (χ4n) is 2.06. The fraction of sp³-hybridized carbons (Fsp3) is 0.625. The van der Waals surface area contributed by atoms with Crippen LogP contribution in [0.15, 0.2) is 24.3 Å². The molecule has 1 aromatic carbocycles. The van der Waals surface area contributed by atoms with Gasteiger partial charge in [-0.1, -0.05) is 82.5 Å². The fourth-order valence-corrected chi connectivity index (χ4v) is 4.19. The van der Waals surface area contributed by atoms with Gasteiger partial charge in [-0.3, -0.25) is 0 Å². The minimum absolute atomic E-state index is 0.208. The van der Waals surface area contributed by atoms with Gasteiger partial charge in [0.15, 0.2) is 0 Å². The van der Waals surface area contributed by atoms with Crippen LogP contribution in [0.3, 0.4) is 0 Å². The Morgan fingerprint density at radius 3 is 2.06 bits per heavy atom. The van der Waals surface area contributed by atoms with Crippen LogP contribution in [0.25, 0.3) is 0 Å². The molecule has 1 aromatic rings. The van der Waals surface area contributed by atoms with Gasteiger partial charge in [0.1, 0.15) is 0 Å². The van der Waals surface area contributed by atoms with E-state index in [4.69, 9.17) is 0 Å². The van der Waals surface area contributed by atoms with Crippen molar-refractivity contribution in [3.8, 4) is 0 Å². The second-order valence-corrected chi connectivity index (χ2v) is 7.60. The molecule has 0 saturated heterocycles. The summed E-state index contributed by atoms with van der Waals surface area (Å²) in [4.78, 5) is 0. The van der Waals surface area contributed by atoms with Crippen LogP contribution in [0.1, 0.15) is 44.7 Å². The quantitative estimate of drug-likeness (QED) is 0.566. The van der Waals surface area contributed by atoms with Gasteiger partial charge in [0, 0.05) is 16.1 Å². The Bertz CT molecular complexity index is 373. The van der Waals surface area contributed by atoms with Crippen molar-refractivity contribution >= 4 is 31.9 Å². The van der Waals surface area contributed by atoms with Gasteiger partial charge in [-0.05, 0) is 30.7 Å². The highest BCUT2D eigenvalue weighted by Crippen LogP contribution is 2.37. The van der Waals surface area contributed by atoms with E-state index in [1.54, 1.807) is 0 Å². The Morgan fingerprint density at radius 2 is 1.61 bits per heavy atom. The van der Waals surface area contributed by atoms with Crippen molar-refractivity contribution in [2.45, 2.75) is 46.0 Å². The van der Waals surface area contributed by atoms with Crippen molar-refractivity contribution in [1.82, 2.24) is 0 Å². The maximum atomic E-state index is 3.73. The van der Waals surface area contributed by atoms with E-state index in [1.165, 1.54) is 24.0 Å². The summed E-state index contributed by atoms with van der Waals surface area (Å²) in [5.74, 6) is 0. The molecule has 18 heavy (non-hydrogen) atoms. The number of hydrogen-bond acceptors (Lipinski definition) is 0. The van der Waals surface area contributed by atoms with Crippen molar-refractivity contribution in [3.63, 3.8) is 0 Å². The van der Waals surface area contributed by atoms with E-state index >= 15 is 0 Å². The van der Waals surface area contributed by atoms with Crippen molar-refractivity contribution in [1.29, 1.82) is 0 Å². The van der Waals surface area contributed by atoms with E-state index in [0.29, 0.717) is 5.41 Å². The van der Waals surface area contributed by atoms with E-state index in [2.05, 4.69) is 83.8 Å². The lowest BCUT2D eigenvalue weighted by molar-refractivity contribution is 0.321. The largest absolute Gasteiger partial charge is 0.0918 e. The third-order valence-electron chi connectivity index (χ3n) is 3.50. The molecular weight excluding hydrogens is 352 g/mol. The molecule has 0 fully saturated rings. The van der Waals surface area contributed by atoms with E-state index < -0.39 is 0 Å². The van der Waals surface area contributed by atoms with Gasteiger partial charge in [-0.15, -0.1) is 0 Å². The Labute approximate surface area is 129 Å². The average molecular weight is 376 g/mol. The molecule has 0 aliphatic carbocycles. The highest BCUT2D eigenvalue weighted by molar-refractivity contribution is 9.09. The monoisotopic (exact) mass is 374 g/mol. The standard InChI is InChI=1S/C16H24Br2/c1-13-6-5-7-14(10-13)16(11-17,12-18)9-8-15(2,3)4/h5-7,10H,8-9,11-12H2,1-4H3. The highest BCUT2D eigenvalue weighted by Gasteiger charge is 2.31. The van der Waals surface area contributed by atoms with Crippen LogP contribution in [0.5, 0.6) is 0 Å². The molecule has 0 heterocycles. The van der Waals surface area contributed by atoms with Crippen LogP contribution in [0, 0.1) is 12.3 Å². The molecule has 0 aromatic heterocycles. The lowest BCUT2D eigenvalue weighted by Gasteiger charge is -2.34. The Balaban J connectivity index is 2.99. The molecule has 1 rings (SSSR count). The summed E-state index contributed by atoms with van der Waals surface area (Å²) in [5.41, 5.74) is 3.38. The molecule has 0 atom stereocenters. The third kappa shape index (κ3) is 4.38. The Hall–Kier alpha value is 0.180. The number of hydrogen-bond donors (Lipinski definition) is 0. The summed E-state index contributed by atoms with van der Waals surface area (Å²) in [7, 11) is 0. The van der Waals surface area contributed by atoms with Gasteiger partial charge in [-0.25, -0.2) is 0 Å². The molecule has 2 heteroatoms. The lowest BCUT2D eigenvalue weighted by Crippen LogP contribution is -2.31. The molecule has 0 saturated carbocycles. The smallest absolute Gasteiger partial charge is 0.0147 e. The molecule has 0 nitrogen and oxygen atoms in total. The van der Waals surface area contributed by atoms with E-state index in [1.807, 2.05) is 0 Å². The molecule has 0 unspecified atom stereocenters. The molecule has 102 valence electrons. The van der Waals surface area contributed by atoms with Gasteiger partial charge in [-0.2, -0.15) is 0 Å². The second kappa shape index (κ2) is 6.56. The summed E-state index contributed by atoms with van der Waals surface area (Å²) in [6, 6.07) is 8.92. The normalized spacial score (nSPS) is 12.8. The first-order chi connectivity index (χ1) is 8.33. The van der Waals surface area contributed by atoms with Crippen molar-refractivity contribution < 1.29 is 0 Å². The van der Waals surface area contributed by atoms with E-state index in [9.17, 15) is 0 Å². The summed E-state index contributed by atoms with van der Waals surface area (Å²) in [6.45, 7) is 9.11. The average Bonchev–Trinajstić information content (AvgIpc) is 2.30. The molecule has 0 radical (unpaired) electrons. The predicted molar refractivity (Wildman–Crippen MR) is 89.1 cm³/mol. The zero-order chi connectivity index (χ0) is 13.8. The van der Waals surface area contributed by atoms with Crippen molar-refractivity contribution in [3.05, 3.63) is 35.4 Å². The third-order valence-corrected chi connectivity index (χ3v) is 5.64. The van der Waals surface area contributed by atoms with Crippen LogP contribution >= 0.6 is 31.9 Å². The molecule has 0 aliphatic rings. The molecule has 0 bridgehead atoms. The van der Waals surface area contributed by atoms with E-state index in [-0.39, 0.29) is 5.41 Å². The highest BCUT2D eigenvalue weighted by atomic mass is 79.9. The van der Waals surface area contributed by atoms with Gasteiger partial charge in [0.05, 0.1) is 0 Å². The zero-order valence-corrected chi connectivity index (χ0v) is 15.1. The minimum Gasteiger partial charge on any atom is -0.0918 e. The first-order valence-corrected chi connectivity index (χ1v) is 8.76. The first kappa shape index (κ1) is 16.2. The van der Waals surface area contributed by atoms with Crippen LogP contribution in [-0.2, 0) is 5.41 Å². The molecular formula is C16H24Br2. The van der Waals surface area contributed by atoms with Crippen molar-refractivity contribution in [2.75, 3.05) is 10.7 Å².